The molecule has 7 nitrogen and oxygen atoms in total. The van der Waals surface area contributed by atoms with E-state index in [2.05, 4.69) is 20.6 Å². The van der Waals surface area contributed by atoms with Crippen LogP contribution in [-0.2, 0) is 0 Å². The maximum absolute atomic E-state index is 12.4. The van der Waals surface area contributed by atoms with Gasteiger partial charge in [-0.2, -0.15) is 0 Å². The number of methoxy groups -OCH3 is 1. The standard InChI is InChI=1S/C21H22N4O3/c1-15-23-19(21(26)25-16-6-4-3-5-7-16)14-20(24-15)22-12-13-28-18-10-8-17(27-2)9-11-18/h3-11,14H,12-13H2,1-2H3,(H,25,26)(H,22,23,24). The van der Waals surface area contributed by atoms with E-state index >= 15 is 0 Å². The second kappa shape index (κ2) is 9.36. The molecule has 3 rings (SSSR count). The first-order valence-corrected chi connectivity index (χ1v) is 8.87. The van der Waals surface area contributed by atoms with Gasteiger partial charge in [-0.25, -0.2) is 9.97 Å². The van der Waals surface area contributed by atoms with E-state index in [1.165, 1.54) is 0 Å². The number of para-hydroxylation sites is 1. The number of anilines is 2. The number of hydrogen-bond donors (Lipinski definition) is 2. The summed E-state index contributed by atoms with van der Waals surface area (Å²) in [5.41, 5.74) is 1.01. The molecule has 0 atom stereocenters. The van der Waals surface area contributed by atoms with Gasteiger partial charge in [0.25, 0.3) is 5.91 Å². The summed E-state index contributed by atoms with van der Waals surface area (Å²) in [6, 6.07) is 18.2. The predicted molar refractivity (Wildman–Crippen MR) is 108 cm³/mol. The molecule has 0 aliphatic heterocycles. The Kier molecular flexibility index (Phi) is 6.41. The number of ether oxygens (including phenoxy) is 2. The molecular formula is C21H22N4O3. The normalized spacial score (nSPS) is 10.2. The maximum atomic E-state index is 12.4. The Hall–Kier alpha value is -3.61. The first-order valence-electron chi connectivity index (χ1n) is 8.87. The smallest absolute Gasteiger partial charge is 0.274 e. The van der Waals surface area contributed by atoms with Gasteiger partial charge in [-0.3, -0.25) is 4.79 Å². The Morgan fingerprint density at radius 2 is 1.71 bits per heavy atom. The minimum Gasteiger partial charge on any atom is -0.497 e. The van der Waals surface area contributed by atoms with Crippen LogP contribution in [0.4, 0.5) is 11.5 Å². The summed E-state index contributed by atoms with van der Waals surface area (Å²) >= 11 is 0. The van der Waals surface area contributed by atoms with Crippen LogP contribution in [0.5, 0.6) is 11.5 Å². The van der Waals surface area contributed by atoms with Gasteiger partial charge in [0.15, 0.2) is 0 Å². The Bertz CT molecular complexity index is 915. The largest absolute Gasteiger partial charge is 0.497 e. The van der Waals surface area contributed by atoms with Gasteiger partial charge in [0.1, 0.15) is 35.4 Å². The third-order valence-corrected chi connectivity index (χ3v) is 3.84. The van der Waals surface area contributed by atoms with Crippen LogP contribution in [0.2, 0.25) is 0 Å². The summed E-state index contributed by atoms with van der Waals surface area (Å²) in [5.74, 6) is 2.34. The number of aromatic nitrogens is 2. The van der Waals surface area contributed by atoms with Gasteiger partial charge in [-0.1, -0.05) is 18.2 Å². The molecular weight excluding hydrogens is 356 g/mol. The van der Waals surface area contributed by atoms with E-state index in [1.54, 1.807) is 20.1 Å². The van der Waals surface area contributed by atoms with Gasteiger partial charge >= 0.3 is 0 Å². The second-order valence-electron chi connectivity index (χ2n) is 5.96. The Morgan fingerprint density at radius 1 is 1.00 bits per heavy atom. The second-order valence-corrected chi connectivity index (χ2v) is 5.96. The molecule has 2 aromatic carbocycles. The zero-order chi connectivity index (χ0) is 19.8. The summed E-state index contributed by atoms with van der Waals surface area (Å²) in [5, 5.41) is 5.98. The fourth-order valence-corrected chi connectivity index (χ4v) is 2.51. The number of carbonyl (C=O) groups excluding carboxylic acids is 1. The minimum absolute atomic E-state index is 0.283. The Morgan fingerprint density at radius 3 is 2.43 bits per heavy atom. The molecule has 28 heavy (non-hydrogen) atoms. The lowest BCUT2D eigenvalue weighted by Crippen LogP contribution is -2.17. The highest BCUT2D eigenvalue weighted by molar-refractivity contribution is 6.03. The molecule has 3 aromatic rings. The van der Waals surface area contributed by atoms with Gasteiger partial charge in [0.2, 0.25) is 0 Å². The zero-order valence-electron chi connectivity index (χ0n) is 15.8. The topological polar surface area (TPSA) is 85.4 Å². The van der Waals surface area contributed by atoms with E-state index in [1.807, 2.05) is 54.6 Å². The molecule has 7 heteroatoms. The molecule has 144 valence electrons. The highest BCUT2D eigenvalue weighted by Gasteiger charge is 2.11. The van der Waals surface area contributed by atoms with Crippen LogP contribution in [0.15, 0.2) is 60.7 Å². The van der Waals surface area contributed by atoms with Crippen LogP contribution < -0.4 is 20.1 Å². The molecule has 2 N–H and O–H groups in total. The fraction of sp³-hybridized carbons (Fsp3) is 0.190. The first kappa shape index (κ1) is 19.2. The third-order valence-electron chi connectivity index (χ3n) is 3.84. The van der Waals surface area contributed by atoms with Crippen molar-refractivity contribution in [1.29, 1.82) is 0 Å². The predicted octanol–water partition coefficient (Wildman–Crippen LogP) is 3.54. The number of carbonyl (C=O) groups is 1. The highest BCUT2D eigenvalue weighted by Crippen LogP contribution is 2.17. The van der Waals surface area contributed by atoms with Crippen molar-refractivity contribution in [1.82, 2.24) is 9.97 Å². The lowest BCUT2D eigenvalue weighted by atomic mass is 10.3. The van der Waals surface area contributed by atoms with E-state index in [0.29, 0.717) is 36.2 Å². The zero-order valence-corrected chi connectivity index (χ0v) is 15.8. The summed E-state index contributed by atoms with van der Waals surface area (Å²) in [4.78, 5) is 21.0. The Labute approximate surface area is 163 Å². The fourth-order valence-electron chi connectivity index (χ4n) is 2.51. The molecule has 0 aliphatic carbocycles. The molecule has 0 bridgehead atoms. The maximum Gasteiger partial charge on any atom is 0.274 e. The monoisotopic (exact) mass is 378 g/mol. The lowest BCUT2D eigenvalue weighted by molar-refractivity contribution is 0.102. The average Bonchev–Trinajstić information content (AvgIpc) is 2.72. The molecule has 0 radical (unpaired) electrons. The van der Waals surface area contributed by atoms with Crippen molar-refractivity contribution in [2.75, 3.05) is 30.9 Å². The highest BCUT2D eigenvalue weighted by atomic mass is 16.5. The van der Waals surface area contributed by atoms with E-state index in [0.717, 1.165) is 11.5 Å². The molecule has 0 unspecified atom stereocenters. The van der Waals surface area contributed by atoms with Crippen molar-refractivity contribution in [3.63, 3.8) is 0 Å². The van der Waals surface area contributed by atoms with Gasteiger partial charge in [0, 0.05) is 11.8 Å². The van der Waals surface area contributed by atoms with E-state index in [4.69, 9.17) is 9.47 Å². The molecule has 1 heterocycles. The molecule has 1 amide bonds. The summed E-state index contributed by atoms with van der Waals surface area (Å²) in [6.45, 7) is 2.72. The average molecular weight is 378 g/mol. The van der Waals surface area contributed by atoms with Crippen molar-refractivity contribution in [3.8, 4) is 11.5 Å². The van der Waals surface area contributed by atoms with Crippen LogP contribution in [0.25, 0.3) is 0 Å². The minimum atomic E-state index is -0.283. The number of rotatable bonds is 8. The molecule has 0 fully saturated rings. The van der Waals surface area contributed by atoms with E-state index < -0.39 is 0 Å². The molecule has 1 aromatic heterocycles. The summed E-state index contributed by atoms with van der Waals surface area (Å²) < 4.78 is 10.8. The summed E-state index contributed by atoms with van der Waals surface area (Å²) in [7, 11) is 1.62. The van der Waals surface area contributed by atoms with Crippen molar-refractivity contribution < 1.29 is 14.3 Å². The van der Waals surface area contributed by atoms with Crippen molar-refractivity contribution in [2.45, 2.75) is 6.92 Å². The molecule has 0 saturated carbocycles. The van der Waals surface area contributed by atoms with Crippen molar-refractivity contribution >= 4 is 17.4 Å². The first-order chi connectivity index (χ1) is 13.6. The van der Waals surface area contributed by atoms with Crippen LogP contribution >= 0.6 is 0 Å². The van der Waals surface area contributed by atoms with Gasteiger partial charge < -0.3 is 20.1 Å². The van der Waals surface area contributed by atoms with Crippen molar-refractivity contribution in [3.05, 3.63) is 72.2 Å². The van der Waals surface area contributed by atoms with E-state index in [-0.39, 0.29) is 5.91 Å². The van der Waals surface area contributed by atoms with Crippen LogP contribution in [0, 0.1) is 6.92 Å². The number of hydrogen-bond acceptors (Lipinski definition) is 6. The number of aryl methyl sites for hydroxylation is 1. The van der Waals surface area contributed by atoms with Gasteiger partial charge in [-0.15, -0.1) is 0 Å². The number of benzene rings is 2. The Balaban J connectivity index is 1.54. The quantitative estimate of drug-likeness (QED) is 0.583. The van der Waals surface area contributed by atoms with Crippen LogP contribution in [0.3, 0.4) is 0 Å². The summed E-state index contributed by atoms with van der Waals surface area (Å²) in [6.07, 6.45) is 0. The molecule has 0 saturated heterocycles. The van der Waals surface area contributed by atoms with E-state index in [9.17, 15) is 4.79 Å². The van der Waals surface area contributed by atoms with Gasteiger partial charge in [0.05, 0.1) is 13.7 Å². The SMILES string of the molecule is COc1ccc(OCCNc2cc(C(=O)Nc3ccccc3)nc(C)n2)cc1. The van der Waals surface area contributed by atoms with Crippen LogP contribution in [-0.4, -0.2) is 36.1 Å². The third kappa shape index (κ3) is 5.44. The lowest BCUT2D eigenvalue weighted by Gasteiger charge is -2.10. The number of nitrogens with one attached hydrogen (secondary N) is 2. The number of nitrogens with zero attached hydrogens (tertiary/aromatic N) is 2. The van der Waals surface area contributed by atoms with Crippen molar-refractivity contribution in [2.24, 2.45) is 0 Å². The van der Waals surface area contributed by atoms with Gasteiger partial charge in [-0.05, 0) is 43.3 Å². The molecule has 0 spiro atoms. The number of amides is 1. The van der Waals surface area contributed by atoms with Crippen LogP contribution in [0.1, 0.15) is 16.3 Å². The molecule has 0 aliphatic rings.